The molecule has 5 nitrogen and oxygen atoms in total. The molecule has 0 aromatic heterocycles. The van der Waals surface area contributed by atoms with Crippen molar-refractivity contribution in [3.63, 3.8) is 0 Å². The minimum Gasteiger partial charge on any atom is -0.308 e. The number of amides is 1. The Balaban J connectivity index is 1.58. The van der Waals surface area contributed by atoms with Gasteiger partial charge in [0.2, 0.25) is 10.0 Å². The topological polar surface area (TPSA) is 66.5 Å². The van der Waals surface area contributed by atoms with Crippen molar-refractivity contribution in [3.8, 4) is 0 Å². The normalized spacial score (nSPS) is 17.9. The van der Waals surface area contributed by atoms with Gasteiger partial charge in [-0.3, -0.25) is 4.79 Å². The molecule has 1 amide bonds. The van der Waals surface area contributed by atoms with Crippen molar-refractivity contribution < 1.29 is 13.2 Å². The van der Waals surface area contributed by atoms with E-state index in [-0.39, 0.29) is 16.8 Å². The largest absolute Gasteiger partial charge is 0.308 e. The number of rotatable bonds is 4. The maximum atomic E-state index is 13.1. The predicted molar refractivity (Wildman–Crippen MR) is 110 cm³/mol. The van der Waals surface area contributed by atoms with Gasteiger partial charge in [0.05, 0.1) is 4.90 Å². The summed E-state index contributed by atoms with van der Waals surface area (Å²) in [5.41, 5.74) is 2.49. The lowest BCUT2D eigenvalue weighted by atomic mass is 9.96. The van der Waals surface area contributed by atoms with E-state index >= 15 is 0 Å². The average molecular weight is 399 g/mol. The highest BCUT2D eigenvalue weighted by Gasteiger charge is 2.26. The fourth-order valence-corrected chi connectivity index (χ4v) is 5.56. The van der Waals surface area contributed by atoms with Crippen LogP contribution >= 0.6 is 0 Å². The van der Waals surface area contributed by atoms with Gasteiger partial charge in [0.1, 0.15) is 0 Å². The van der Waals surface area contributed by atoms with Crippen molar-refractivity contribution in [2.45, 2.75) is 55.9 Å². The van der Waals surface area contributed by atoms with Crippen LogP contribution in [0.4, 0.5) is 5.69 Å². The van der Waals surface area contributed by atoms with E-state index < -0.39 is 10.0 Å². The third kappa shape index (κ3) is 3.98. The highest BCUT2D eigenvalue weighted by atomic mass is 32.2. The molecule has 2 aromatic rings. The molecule has 0 atom stereocenters. The van der Waals surface area contributed by atoms with Crippen LogP contribution in [-0.2, 0) is 16.4 Å². The molecule has 1 aliphatic carbocycles. The first-order chi connectivity index (χ1) is 13.5. The van der Waals surface area contributed by atoms with Crippen molar-refractivity contribution >= 4 is 21.6 Å². The zero-order chi connectivity index (χ0) is 19.6. The molecule has 2 aromatic carbocycles. The summed E-state index contributed by atoms with van der Waals surface area (Å²) in [7, 11) is -3.63. The van der Waals surface area contributed by atoms with Gasteiger partial charge < -0.3 is 4.90 Å². The lowest BCUT2D eigenvalue weighted by molar-refractivity contribution is 0.0985. The van der Waals surface area contributed by atoms with Crippen LogP contribution < -0.4 is 9.62 Å². The maximum Gasteiger partial charge on any atom is 0.258 e. The van der Waals surface area contributed by atoms with E-state index in [4.69, 9.17) is 0 Å². The molecule has 1 saturated carbocycles. The third-order valence-electron chi connectivity index (χ3n) is 5.67. The molecule has 1 N–H and O–H groups in total. The molecule has 0 spiro atoms. The Kier molecular flexibility index (Phi) is 5.51. The number of hydrogen-bond acceptors (Lipinski definition) is 3. The van der Waals surface area contributed by atoms with Crippen LogP contribution in [0, 0.1) is 0 Å². The van der Waals surface area contributed by atoms with Gasteiger partial charge >= 0.3 is 0 Å². The van der Waals surface area contributed by atoms with Gasteiger partial charge in [-0.25, -0.2) is 13.1 Å². The smallest absolute Gasteiger partial charge is 0.258 e. The summed E-state index contributed by atoms with van der Waals surface area (Å²) in [6, 6.07) is 14.3. The van der Waals surface area contributed by atoms with Crippen LogP contribution in [0.15, 0.2) is 53.4 Å². The van der Waals surface area contributed by atoms with Gasteiger partial charge in [0, 0.05) is 23.8 Å². The molecule has 1 heterocycles. The van der Waals surface area contributed by atoms with Crippen LogP contribution in [0.5, 0.6) is 0 Å². The summed E-state index contributed by atoms with van der Waals surface area (Å²) in [5, 5.41) is 0. The second-order valence-electron chi connectivity index (χ2n) is 7.67. The standard InChI is InChI=1S/C22H26N2O3S/c25-22(24-15-7-10-17-8-4-5-14-21(17)24)18-9-6-13-20(16-18)28(26,27)23-19-11-2-1-3-12-19/h4-6,8-9,13-14,16,19,23H,1-3,7,10-12,15H2. The number of anilines is 1. The molecule has 148 valence electrons. The number of nitrogens with one attached hydrogen (secondary N) is 1. The Morgan fingerprint density at radius 3 is 2.57 bits per heavy atom. The van der Waals surface area contributed by atoms with E-state index in [1.807, 2.05) is 24.3 Å². The Morgan fingerprint density at radius 1 is 0.964 bits per heavy atom. The highest BCUT2D eigenvalue weighted by Crippen LogP contribution is 2.28. The zero-order valence-corrected chi connectivity index (χ0v) is 16.7. The zero-order valence-electron chi connectivity index (χ0n) is 15.9. The van der Waals surface area contributed by atoms with Gasteiger partial charge in [0.15, 0.2) is 0 Å². The summed E-state index contributed by atoms with van der Waals surface area (Å²) in [5.74, 6) is -0.151. The number of benzene rings is 2. The summed E-state index contributed by atoms with van der Waals surface area (Å²) in [4.78, 5) is 15.1. The number of para-hydroxylation sites is 1. The third-order valence-corrected chi connectivity index (χ3v) is 7.19. The first-order valence-corrected chi connectivity index (χ1v) is 11.5. The van der Waals surface area contributed by atoms with E-state index in [1.165, 1.54) is 12.5 Å². The van der Waals surface area contributed by atoms with Crippen molar-refractivity contribution in [1.82, 2.24) is 4.72 Å². The SMILES string of the molecule is O=C(c1cccc(S(=O)(=O)NC2CCCCC2)c1)N1CCCc2ccccc21. The van der Waals surface area contributed by atoms with E-state index in [0.29, 0.717) is 12.1 Å². The van der Waals surface area contributed by atoms with Crippen molar-refractivity contribution in [3.05, 3.63) is 59.7 Å². The van der Waals surface area contributed by atoms with E-state index in [1.54, 1.807) is 23.1 Å². The maximum absolute atomic E-state index is 13.1. The van der Waals surface area contributed by atoms with E-state index in [9.17, 15) is 13.2 Å². The van der Waals surface area contributed by atoms with Crippen molar-refractivity contribution in [2.75, 3.05) is 11.4 Å². The predicted octanol–water partition coefficient (Wildman–Crippen LogP) is 3.89. The van der Waals surface area contributed by atoms with E-state index in [2.05, 4.69) is 4.72 Å². The second-order valence-corrected chi connectivity index (χ2v) is 9.39. The van der Waals surface area contributed by atoms with E-state index in [0.717, 1.165) is 49.8 Å². The highest BCUT2D eigenvalue weighted by molar-refractivity contribution is 7.89. The lowest BCUT2D eigenvalue weighted by Crippen LogP contribution is -2.37. The number of carbonyl (C=O) groups is 1. The molecule has 0 saturated heterocycles. The molecule has 0 unspecified atom stereocenters. The summed E-state index contributed by atoms with van der Waals surface area (Å²) in [6.07, 6.45) is 6.90. The summed E-state index contributed by atoms with van der Waals surface area (Å²) in [6.45, 7) is 0.646. The van der Waals surface area contributed by atoms with Crippen LogP contribution in [0.1, 0.15) is 54.4 Å². The number of aryl methyl sites for hydroxylation is 1. The number of sulfonamides is 1. The Morgan fingerprint density at radius 2 is 1.75 bits per heavy atom. The molecule has 1 fully saturated rings. The lowest BCUT2D eigenvalue weighted by Gasteiger charge is -2.29. The van der Waals surface area contributed by atoms with Crippen molar-refractivity contribution in [2.24, 2.45) is 0 Å². The Bertz CT molecular complexity index is 965. The molecular weight excluding hydrogens is 372 g/mol. The molecule has 0 radical (unpaired) electrons. The van der Waals surface area contributed by atoms with Crippen LogP contribution in [0.25, 0.3) is 0 Å². The monoisotopic (exact) mass is 398 g/mol. The quantitative estimate of drug-likeness (QED) is 0.850. The molecular formula is C22H26N2O3S. The van der Waals surface area contributed by atoms with Gasteiger partial charge in [-0.15, -0.1) is 0 Å². The number of hydrogen-bond donors (Lipinski definition) is 1. The summed E-state index contributed by atoms with van der Waals surface area (Å²) < 4.78 is 28.4. The van der Waals surface area contributed by atoms with Gasteiger partial charge in [-0.05, 0) is 55.5 Å². The Labute approximate surface area is 166 Å². The number of fused-ring (bicyclic) bond motifs is 1. The molecule has 1 aliphatic heterocycles. The average Bonchev–Trinajstić information content (AvgIpc) is 2.73. The molecule has 6 heteroatoms. The molecule has 0 bridgehead atoms. The van der Waals surface area contributed by atoms with Crippen molar-refractivity contribution in [1.29, 1.82) is 0 Å². The molecule has 4 rings (SSSR count). The first kappa shape index (κ1) is 19.2. The minimum absolute atomic E-state index is 0.00733. The molecule has 28 heavy (non-hydrogen) atoms. The van der Waals surface area contributed by atoms with Crippen LogP contribution in [-0.4, -0.2) is 26.9 Å². The Hall–Kier alpha value is -2.18. The van der Waals surface area contributed by atoms with Crippen LogP contribution in [0.3, 0.4) is 0 Å². The number of nitrogens with zero attached hydrogens (tertiary/aromatic N) is 1. The van der Waals surface area contributed by atoms with Gasteiger partial charge in [-0.1, -0.05) is 43.5 Å². The summed E-state index contributed by atoms with van der Waals surface area (Å²) >= 11 is 0. The van der Waals surface area contributed by atoms with Gasteiger partial charge in [-0.2, -0.15) is 0 Å². The number of carbonyl (C=O) groups excluding carboxylic acids is 1. The first-order valence-electron chi connectivity index (χ1n) is 10.1. The molecule has 2 aliphatic rings. The second kappa shape index (κ2) is 8.05. The van der Waals surface area contributed by atoms with Gasteiger partial charge in [0.25, 0.3) is 5.91 Å². The fourth-order valence-electron chi connectivity index (χ4n) is 4.20. The fraction of sp³-hybridized carbons (Fsp3) is 0.409. The van der Waals surface area contributed by atoms with Crippen LogP contribution in [0.2, 0.25) is 0 Å². The minimum atomic E-state index is -3.63.